The molecule has 39 heavy (non-hydrogen) atoms. The van der Waals surface area contributed by atoms with E-state index < -0.39 is 77.1 Å². The summed E-state index contributed by atoms with van der Waals surface area (Å²) in [6.45, 7) is 1.53. The molecule has 2 unspecified atom stereocenters. The van der Waals surface area contributed by atoms with Gasteiger partial charge in [0.15, 0.2) is 0 Å². The summed E-state index contributed by atoms with van der Waals surface area (Å²) in [6.07, 6.45) is -9.32. The Labute approximate surface area is 220 Å². The largest absolute Gasteiger partial charge is 0.469 e. The van der Waals surface area contributed by atoms with Crippen LogP contribution in [0.1, 0.15) is 55.7 Å². The van der Waals surface area contributed by atoms with Crippen LogP contribution in [0.3, 0.4) is 0 Å². The van der Waals surface area contributed by atoms with Crippen molar-refractivity contribution in [3.63, 3.8) is 0 Å². The molecule has 0 aromatic heterocycles. The second kappa shape index (κ2) is 11.9. The van der Waals surface area contributed by atoms with Crippen LogP contribution in [-0.2, 0) is 28.4 Å². The van der Waals surface area contributed by atoms with Gasteiger partial charge in [0.05, 0.1) is 29.7 Å². The highest BCUT2D eigenvalue weighted by molar-refractivity contribution is 5.72. The fourth-order valence-electron chi connectivity index (χ4n) is 5.80. The van der Waals surface area contributed by atoms with E-state index in [1.54, 1.807) is 4.90 Å². The van der Waals surface area contributed by atoms with E-state index in [4.69, 9.17) is 4.74 Å². The summed E-state index contributed by atoms with van der Waals surface area (Å²) >= 11 is 0. The first-order chi connectivity index (χ1) is 18.1. The van der Waals surface area contributed by atoms with Crippen molar-refractivity contribution in [1.82, 2.24) is 4.90 Å². The predicted octanol–water partition coefficient (Wildman–Crippen LogP) is 7.96. The Hall–Kier alpha value is -2.50. The minimum Gasteiger partial charge on any atom is -0.469 e. The monoisotopic (exact) mass is 571 g/mol. The highest BCUT2D eigenvalue weighted by Crippen LogP contribution is 2.43. The van der Waals surface area contributed by atoms with Crippen molar-refractivity contribution in [2.45, 2.75) is 70.1 Å². The van der Waals surface area contributed by atoms with Crippen LogP contribution in [-0.4, -0.2) is 36.7 Å². The topological polar surface area (TPSA) is 29.5 Å². The normalized spacial score (nSPS) is 23.9. The van der Waals surface area contributed by atoms with Gasteiger partial charge in [-0.25, -0.2) is 0 Å². The van der Waals surface area contributed by atoms with E-state index in [0.717, 1.165) is 12.2 Å². The second-order valence-electron chi connectivity index (χ2n) is 9.97. The maximum atomic E-state index is 13.8. The van der Waals surface area contributed by atoms with Crippen molar-refractivity contribution < 1.29 is 49.0 Å². The van der Waals surface area contributed by atoms with Gasteiger partial charge in [-0.1, -0.05) is 31.6 Å². The minimum atomic E-state index is -4.92. The number of alkyl halides is 9. The van der Waals surface area contributed by atoms with Crippen molar-refractivity contribution in [2.75, 3.05) is 13.7 Å². The quantitative estimate of drug-likeness (QED) is 0.246. The standard InChI is InChI=1S/C27H30F9NO2/c1-3-5-21(24(38)39-2)20-6-4-13-37(23(20)16-7-9-18(10-8-16)25(28,29)30)15-17-14-19(26(31,32)33)11-12-22(17)27(34,35)36/h7,9-12,14,16,20-21,23H,3-6,8,13,15H2,1-2H3/t16?,20-,21?,23-/m0/s1. The number of benzene rings is 1. The Bertz CT molecular complexity index is 1070. The molecule has 0 radical (unpaired) electrons. The molecule has 3 nitrogen and oxygen atoms in total. The molecule has 1 aliphatic heterocycles. The average Bonchev–Trinajstić information content (AvgIpc) is 2.85. The number of carbonyl (C=O) groups excluding carboxylic acids is 1. The molecule has 4 atom stereocenters. The van der Waals surface area contributed by atoms with Crippen LogP contribution in [0.15, 0.2) is 42.0 Å². The number of carbonyl (C=O) groups is 1. The summed E-state index contributed by atoms with van der Waals surface area (Å²) in [5.41, 5.74) is -3.88. The molecule has 1 aromatic rings. The Morgan fingerprint density at radius 3 is 2.26 bits per heavy atom. The summed E-state index contributed by atoms with van der Waals surface area (Å²) in [5.74, 6) is -2.29. The zero-order valence-corrected chi connectivity index (χ0v) is 21.4. The molecule has 0 spiro atoms. The van der Waals surface area contributed by atoms with E-state index in [2.05, 4.69) is 0 Å². The maximum absolute atomic E-state index is 13.8. The Balaban J connectivity index is 2.07. The molecule has 0 N–H and O–H groups in total. The molecule has 0 amide bonds. The van der Waals surface area contributed by atoms with Crippen LogP contribution in [0.25, 0.3) is 0 Å². The first-order valence-electron chi connectivity index (χ1n) is 12.6. The Kier molecular flexibility index (Phi) is 9.50. The predicted molar refractivity (Wildman–Crippen MR) is 125 cm³/mol. The molecular formula is C27H30F9NO2. The van der Waals surface area contributed by atoms with Crippen molar-refractivity contribution in [3.05, 3.63) is 58.7 Å². The lowest BCUT2D eigenvalue weighted by atomic mass is 9.71. The van der Waals surface area contributed by atoms with Gasteiger partial charge >= 0.3 is 24.5 Å². The maximum Gasteiger partial charge on any atom is 0.416 e. The number of rotatable bonds is 7. The first kappa shape index (κ1) is 31.0. The zero-order valence-electron chi connectivity index (χ0n) is 21.4. The van der Waals surface area contributed by atoms with E-state index in [1.165, 1.54) is 13.2 Å². The van der Waals surface area contributed by atoms with E-state index in [0.29, 0.717) is 43.9 Å². The number of esters is 1. The number of ether oxygens (including phenoxy) is 1. The molecule has 1 saturated heterocycles. The third kappa shape index (κ3) is 7.37. The smallest absolute Gasteiger partial charge is 0.416 e. The molecule has 0 bridgehead atoms. The zero-order chi connectivity index (χ0) is 29.2. The Morgan fingerprint density at radius 2 is 1.74 bits per heavy atom. The van der Waals surface area contributed by atoms with Crippen molar-refractivity contribution in [2.24, 2.45) is 17.8 Å². The van der Waals surface area contributed by atoms with Crippen LogP contribution in [0, 0.1) is 17.8 Å². The van der Waals surface area contributed by atoms with Crippen LogP contribution >= 0.6 is 0 Å². The summed E-state index contributed by atoms with van der Waals surface area (Å²) in [7, 11) is 1.21. The van der Waals surface area contributed by atoms with Gasteiger partial charge in [0.1, 0.15) is 0 Å². The van der Waals surface area contributed by atoms with E-state index in [9.17, 15) is 44.3 Å². The molecule has 2 aliphatic rings. The van der Waals surface area contributed by atoms with E-state index in [1.807, 2.05) is 6.92 Å². The number of hydrogen-bond acceptors (Lipinski definition) is 3. The number of halogens is 9. The lowest BCUT2D eigenvalue weighted by molar-refractivity contribution is -0.150. The number of allylic oxidation sites excluding steroid dienone is 3. The fraction of sp³-hybridized carbons (Fsp3) is 0.593. The van der Waals surface area contributed by atoms with Crippen molar-refractivity contribution >= 4 is 5.97 Å². The van der Waals surface area contributed by atoms with Gasteiger partial charge in [-0.05, 0) is 67.8 Å². The van der Waals surface area contributed by atoms with Crippen molar-refractivity contribution in [3.8, 4) is 0 Å². The van der Waals surface area contributed by atoms with Gasteiger partial charge in [0, 0.05) is 12.6 Å². The molecule has 12 heteroatoms. The molecule has 0 saturated carbocycles. The lowest BCUT2D eigenvalue weighted by Gasteiger charge is -2.47. The fourth-order valence-corrected chi connectivity index (χ4v) is 5.80. The van der Waals surface area contributed by atoms with Gasteiger partial charge in [-0.15, -0.1) is 0 Å². The summed E-state index contributed by atoms with van der Waals surface area (Å²) in [5, 5.41) is 0. The highest BCUT2D eigenvalue weighted by Gasteiger charge is 2.45. The number of methoxy groups -OCH3 is 1. The molecular weight excluding hydrogens is 541 g/mol. The van der Waals surface area contributed by atoms with Crippen LogP contribution < -0.4 is 0 Å². The lowest BCUT2D eigenvalue weighted by Crippen LogP contribution is -2.52. The van der Waals surface area contributed by atoms with Crippen LogP contribution in [0.5, 0.6) is 0 Å². The number of hydrogen-bond donors (Lipinski definition) is 0. The molecule has 3 rings (SSSR count). The first-order valence-corrected chi connectivity index (χ1v) is 12.6. The number of nitrogens with zero attached hydrogens (tertiary/aromatic N) is 1. The molecule has 1 aliphatic carbocycles. The number of likely N-dealkylation sites (tertiary alicyclic amines) is 1. The van der Waals surface area contributed by atoms with Crippen LogP contribution in [0.4, 0.5) is 39.5 Å². The van der Waals surface area contributed by atoms with Gasteiger partial charge in [-0.2, -0.15) is 39.5 Å². The third-order valence-corrected chi connectivity index (χ3v) is 7.47. The molecule has 1 heterocycles. The summed E-state index contributed by atoms with van der Waals surface area (Å²) in [6, 6.07) is 0.561. The van der Waals surface area contributed by atoms with Gasteiger partial charge in [0.25, 0.3) is 0 Å². The van der Waals surface area contributed by atoms with Crippen LogP contribution in [0.2, 0.25) is 0 Å². The van der Waals surface area contributed by atoms with Gasteiger partial charge in [-0.3, -0.25) is 9.69 Å². The molecule has 1 fully saturated rings. The second-order valence-corrected chi connectivity index (χ2v) is 9.97. The summed E-state index contributed by atoms with van der Waals surface area (Å²) in [4.78, 5) is 14.3. The van der Waals surface area contributed by atoms with Crippen molar-refractivity contribution in [1.29, 1.82) is 0 Å². The SMILES string of the molecule is CCCC(C(=O)OC)[C@@H]1CCCN(Cc2cc(C(F)(F)F)ccc2C(F)(F)F)[C@H]1C1C=CC(C(F)(F)F)=CC1. The minimum absolute atomic E-state index is 0.0856. The molecule has 218 valence electrons. The van der Waals surface area contributed by atoms with Gasteiger partial charge < -0.3 is 4.74 Å². The average molecular weight is 572 g/mol. The number of piperidine rings is 1. The highest BCUT2D eigenvalue weighted by atomic mass is 19.4. The van der Waals surface area contributed by atoms with E-state index >= 15 is 0 Å². The third-order valence-electron chi connectivity index (χ3n) is 7.47. The molecule has 1 aromatic carbocycles. The van der Waals surface area contributed by atoms with E-state index in [-0.39, 0.29) is 13.0 Å². The summed E-state index contributed by atoms with van der Waals surface area (Å²) < 4.78 is 126. The van der Waals surface area contributed by atoms with Gasteiger partial charge in [0.2, 0.25) is 0 Å². The Morgan fingerprint density at radius 1 is 1.05 bits per heavy atom.